The number of rotatable bonds is 4. The molecule has 4 heterocycles. The van der Waals surface area contributed by atoms with E-state index in [1.165, 1.54) is 0 Å². The third-order valence-electron chi connectivity index (χ3n) is 8.45. The third-order valence-corrected chi connectivity index (χ3v) is 8.45. The van der Waals surface area contributed by atoms with Crippen molar-refractivity contribution >= 4 is 22.2 Å². The summed E-state index contributed by atoms with van der Waals surface area (Å²) in [5.41, 5.74) is 2.27. The van der Waals surface area contributed by atoms with Gasteiger partial charge in [0.1, 0.15) is 11.5 Å². The second-order valence-electron chi connectivity index (χ2n) is 11.2. The highest BCUT2D eigenvalue weighted by Crippen LogP contribution is 2.56. The molecule has 0 bridgehead atoms. The molecule has 2 fully saturated rings. The van der Waals surface area contributed by atoms with Gasteiger partial charge in [-0.3, -0.25) is 9.97 Å². The van der Waals surface area contributed by atoms with Crippen LogP contribution in [0.4, 0.5) is 27.6 Å². The number of piperidine rings is 1. The zero-order valence-electron chi connectivity index (χ0n) is 21.7. The monoisotopic (exact) mass is 552 g/mol. The Kier molecular flexibility index (Phi) is 5.56. The van der Waals surface area contributed by atoms with Gasteiger partial charge in [-0.05, 0) is 74.3 Å². The molecule has 3 aliphatic rings. The molecule has 1 aromatic carbocycles. The van der Waals surface area contributed by atoms with Crippen molar-refractivity contribution < 1.29 is 26.5 Å². The van der Waals surface area contributed by atoms with E-state index in [-0.39, 0.29) is 28.0 Å². The van der Waals surface area contributed by atoms with Crippen LogP contribution >= 0.6 is 0 Å². The lowest BCUT2D eigenvalue weighted by Gasteiger charge is -2.47. The summed E-state index contributed by atoms with van der Waals surface area (Å²) in [7, 11) is 0. The maximum absolute atomic E-state index is 14.6. The fourth-order valence-electron chi connectivity index (χ4n) is 6.23. The number of anilines is 1. The zero-order valence-corrected chi connectivity index (χ0v) is 21.7. The molecule has 1 saturated carbocycles. The van der Waals surface area contributed by atoms with Gasteiger partial charge in [-0.25, -0.2) is 8.78 Å². The second kappa shape index (κ2) is 8.84. The molecule has 0 unspecified atom stereocenters. The summed E-state index contributed by atoms with van der Waals surface area (Å²) in [6, 6.07) is 6.17. The van der Waals surface area contributed by atoms with Crippen LogP contribution < -0.4 is 4.90 Å². The van der Waals surface area contributed by atoms with Gasteiger partial charge in [-0.1, -0.05) is 11.2 Å². The first kappa shape index (κ1) is 25.2. The summed E-state index contributed by atoms with van der Waals surface area (Å²) in [6.07, 6.45) is 3.91. The van der Waals surface area contributed by atoms with Gasteiger partial charge >= 0.3 is 6.18 Å². The fraction of sp³-hybridized carbons (Fsp3) is 0.367. The van der Waals surface area contributed by atoms with Gasteiger partial charge in [0.05, 0.1) is 29.0 Å². The molecule has 0 N–H and O–H groups in total. The Labute approximate surface area is 226 Å². The van der Waals surface area contributed by atoms with E-state index in [1.807, 2.05) is 6.07 Å². The predicted octanol–water partition coefficient (Wildman–Crippen LogP) is 7.84. The first-order valence-corrected chi connectivity index (χ1v) is 13.4. The molecule has 1 aliphatic heterocycles. The standard InChI is InChI=1S/C30H25F5N4O/c1-16-10-21(30(33,34)35)20-11-19(4-5-24(20)37-16)39-8-6-29(7-9-39)12-18(13-29)25-27(38-40-28(25)17-2-3-17)26-22(31)14-36-15-23(26)32/h4-5,10-12,14-15,17H,2-3,6-9,13H2,1H3. The number of hydrogen-bond donors (Lipinski definition) is 0. The van der Waals surface area contributed by atoms with E-state index in [4.69, 9.17) is 4.52 Å². The maximum Gasteiger partial charge on any atom is 0.417 e. The Hall–Kier alpha value is -3.82. The molecule has 1 saturated heterocycles. The SMILES string of the molecule is Cc1cc(C(F)(F)F)c2cc(N3CCC4(C=C(c5c(-c6c(F)cncc6F)noc5C5CC5)C4)CC3)ccc2n1. The summed E-state index contributed by atoms with van der Waals surface area (Å²) < 4.78 is 76.1. The van der Waals surface area contributed by atoms with Crippen LogP contribution in [0.15, 0.2) is 47.3 Å². The highest BCUT2D eigenvalue weighted by molar-refractivity contribution is 5.87. The molecule has 7 rings (SSSR count). The van der Waals surface area contributed by atoms with E-state index in [1.54, 1.807) is 19.1 Å². The normalized spacial score (nSPS) is 18.8. The van der Waals surface area contributed by atoms with Crippen molar-refractivity contribution in [2.24, 2.45) is 5.41 Å². The molecule has 40 heavy (non-hydrogen) atoms. The Balaban J connectivity index is 1.15. The lowest BCUT2D eigenvalue weighted by Crippen LogP contribution is -2.42. The number of halogens is 5. The molecule has 3 aromatic heterocycles. The molecule has 0 radical (unpaired) electrons. The van der Waals surface area contributed by atoms with Crippen molar-refractivity contribution in [1.29, 1.82) is 0 Å². The van der Waals surface area contributed by atoms with Crippen molar-refractivity contribution in [1.82, 2.24) is 15.1 Å². The van der Waals surface area contributed by atoms with Crippen molar-refractivity contribution in [3.63, 3.8) is 0 Å². The number of benzene rings is 1. The second-order valence-corrected chi connectivity index (χ2v) is 11.2. The van der Waals surface area contributed by atoms with Gasteiger partial charge < -0.3 is 9.42 Å². The van der Waals surface area contributed by atoms with Crippen LogP contribution in [0.25, 0.3) is 27.7 Å². The van der Waals surface area contributed by atoms with Crippen LogP contribution in [-0.4, -0.2) is 28.2 Å². The quantitative estimate of drug-likeness (QED) is 0.242. The molecule has 5 nitrogen and oxygen atoms in total. The molecular formula is C30H25F5N4O. The Morgan fingerprint density at radius 1 is 1.00 bits per heavy atom. The molecule has 10 heteroatoms. The molecule has 0 amide bonds. The fourth-order valence-corrected chi connectivity index (χ4v) is 6.23. The van der Waals surface area contributed by atoms with E-state index >= 15 is 0 Å². The number of aromatic nitrogens is 3. The molecule has 2 aliphatic carbocycles. The number of nitrogens with zero attached hydrogens (tertiary/aromatic N) is 4. The molecule has 4 aromatic rings. The zero-order chi connectivity index (χ0) is 27.8. The minimum absolute atomic E-state index is 0.0802. The Bertz CT molecular complexity index is 1660. The highest BCUT2D eigenvalue weighted by Gasteiger charge is 2.44. The number of allylic oxidation sites excluding steroid dienone is 2. The Morgan fingerprint density at radius 3 is 2.35 bits per heavy atom. The summed E-state index contributed by atoms with van der Waals surface area (Å²) in [6.45, 7) is 2.91. The summed E-state index contributed by atoms with van der Waals surface area (Å²) in [4.78, 5) is 9.98. The van der Waals surface area contributed by atoms with Crippen molar-refractivity contribution in [2.75, 3.05) is 18.0 Å². The van der Waals surface area contributed by atoms with Crippen LogP contribution in [0.3, 0.4) is 0 Å². The van der Waals surface area contributed by atoms with Gasteiger partial charge in [-0.15, -0.1) is 0 Å². The van der Waals surface area contributed by atoms with Gasteiger partial charge in [0.2, 0.25) is 0 Å². The highest BCUT2D eigenvalue weighted by atomic mass is 19.4. The van der Waals surface area contributed by atoms with Crippen LogP contribution in [-0.2, 0) is 6.18 Å². The summed E-state index contributed by atoms with van der Waals surface area (Å²) in [5, 5.41) is 4.20. The number of alkyl halides is 3. The van der Waals surface area contributed by atoms with Crippen LogP contribution in [0.5, 0.6) is 0 Å². The average Bonchev–Trinajstić information content (AvgIpc) is 3.65. The smallest absolute Gasteiger partial charge is 0.371 e. The topological polar surface area (TPSA) is 55.1 Å². The van der Waals surface area contributed by atoms with E-state index in [2.05, 4.69) is 26.1 Å². The summed E-state index contributed by atoms with van der Waals surface area (Å²) in [5.74, 6) is -0.676. The molecular weight excluding hydrogens is 527 g/mol. The van der Waals surface area contributed by atoms with E-state index in [0.29, 0.717) is 35.6 Å². The predicted molar refractivity (Wildman–Crippen MR) is 140 cm³/mol. The van der Waals surface area contributed by atoms with E-state index in [0.717, 1.165) is 61.8 Å². The largest absolute Gasteiger partial charge is 0.417 e. The van der Waals surface area contributed by atoms with Gasteiger partial charge in [0.25, 0.3) is 0 Å². The lowest BCUT2D eigenvalue weighted by molar-refractivity contribution is -0.136. The number of fused-ring (bicyclic) bond motifs is 1. The van der Waals surface area contributed by atoms with Crippen LogP contribution in [0, 0.1) is 24.0 Å². The number of pyridine rings is 2. The van der Waals surface area contributed by atoms with Gasteiger partial charge in [0.15, 0.2) is 11.6 Å². The first-order chi connectivity index (χ1) is 19.1. The minimum atomic E-state index is -4.47. The van der Waals surface area contributed by atoms with Crippen molar-refractivity contribution in [3.05, 3.63) is 77.0 Å². The molecule has 206 valence electrons. The number of aryl methyl sites for hydroxylation is 1. The van der Waals surface area contributed by atoms with E-state index in [9.17, 15) is 22.0 Å². The van der Waals surface area contributed by atoms with Crippen LogP contribution in [0.1, 0.15) is 60.6 Å². The van der Waals surface area contributed by atoms with Crippen molar-refractivity contribution in [2.45, 2.75) is 51.1 Å². The van der Waals surface area contributed by atoms with Crippen LogP contribution in [0.2, 0.25) is 0 Å². The summed E-state index contributed by atoms with van der Waals surface area (Å²) >= 11 is 0. The molecule has 0 atom stereocenters. The first-order valence-electron chi connectivity index (χ1n) is 13.4. The third kappa shape index (κ3) is 4.15. The molecule has 1 spiro atoms. The van der Waals surface area contributed by atoms with E-state index < -0.39 is 23.4 Å². The maximum atomic E-state index is 14.6. The van der Waals surface area contributed by atoms with Gasteiger partial charge in [-0.2, -0.15) is 13.2 Å². The number of hydrogen-bond acceptors (Lipinski definition) is 5. The lowest BCUT2D eigenvalue weighted by atomic mass is 9.63. The van der Waals surface area contributed by atoms with Crippen molar-refractivity contribution in [3.8, 4) is 11.3 Å². The van der Waals surface area contributed by atoms with Gasteiger partial charge in [0, 0.05) is 41.3 Å². The Morgan fingerprint density at radius 2 is 1.70 bits per heavy atom. The minimum Gasteiger partial charge on any atom is -0.371 e. The average molecular weight is 553 g/mol.